The highest BCUT2D eigenvalue weighted by atomic mass is 16.5. The molecule has 0 aliphatic rings. The molecule has 21 heavy (non-hydrogen) atoms. The Hall–Kier alpha value is -2.37. The van der Waals surface area contributed by atoms with E-state index in [1.54, 1.807) is 32.4 Å². The van der Waals surface area contributed by atoms with Crippen LogP contribution in [0.5, 0.6) is 17.2 Å². The summed E-state index contributed by atoms with van der Waals surface area (Å²) in [5, 5.41) is 2.96. The van der Waals surface area contributed by atoms with Crippen LogP contribution in [0.15, 0.2) is 35.3 Å². The Morgan fingerprint density at radius 1 is 1.19 bits per heavy atom. The van der Waals surface area contributed by atoms with Gasteiger partial charge in [0.25, 0.3) is 0 Å². The topological polar surface area (TPSA) is 78.1 Å². The highest BCUT2D eigenvalue weighted by molar-refractivity contribution is 5.77. The second-order valence-electron chi connectivity index (χ2n) is 4.48. The third-order valence-electron chi connectivity index (χ3n) is 2.52. The summed E-state index contributed by atoms with van der Waals surface area (Å²) in [6.45, 7) is 7.17. The SMILES string of the molecule is C=C(C)CN=C(N)NCCOc1cc(OC)cc(OC)c1. The number of ether oxygens (including phenoxy) is 3. The normalized spacial score (nSPS) is 10.9. The van der Waals surface area contributed by atoms with Crippen molar-refractivity contribution in [1.82, 2.24) is 5.32 Å². The molecule has 0 amide bonds. The summed E-state index contributed by atoms with van der Waals surface area (Å²) in [4.78, 5) is 4.11. The minimum absolute atomic E-state index is 0.379. The number of guanidine groups is 1. The van der Waals surface area contributed by atoms with Gasteiger partial charge in [-0.3, -0.25) is 0 Å². The molecule has 0 heterocycles. The van der Waals surface area contributed by atoms with Crippen molar-refractivity contribution in [3.8, 4) is 17.2 Å². The smallest absolute Gasteiger partial charge is 0.189 e. The zero-order valence-electron chi connectivity index (χ0n) is 12.8. The molecule has 0 aliphatic carbocycles. The molecule has 0 aliphatic heterocycles. The lowest BCUT2D eigenvalue weighted by molar-refractivity contribution is 0.315. The number of benzene rings is 1. The average Bonchev–Trinajstić information content (AvgIpc) is 2.49. The summed E-state index contributed by atoms with van der Waals surface area (Å²) in [6.07, 6.45) is 0. The van der Waals surface area contributed by atoms with Crippen LogP contribution in [0.4, 0.5) is 0 Å². The Labute approximate surface area is 125 Å². The van der Waals surface area contributed by atoms with E-state index >= 15 is 0 Å². The molecule has 1 aromatic carbocycles. The van der Waals surface area contributed by atoms with Gasteiger partial charge >= 0.3 is 0 Å². The third kappa shape index (κ3) is 6.56. The van der Waals surface area contributed by atoms with Crippen molar-refractivity contribution in [2.75, 3.05) is 33.9 Å². The van der Waals surface area contributed by atoms with Crippen LogP contribution >= 0.6 is 0 Å². The standard InChI is InChI=1S/C15H23N3O3/c1-11(2)10-18-15(16)17-5-6-21-14-8-12(19-3)7-13(9-14)20-4/h7-9H,1,5-6,10H2,2-4H3,(H3,16,17,18). The molecule has 6 heteroatoms. The molecule has 0 radical (unpaired) electrons. The fourth-order valence-corrected chi connectivity index (χ4v) is 1.49. The second kappa shape index (κ2) is 8.73. The summed E-state index contributed by atoms with van der Waals surface area (Å²) in [6, 6.07) is 5.37. The fourth-order valence-electron chi connectivity index (χ4n) is 1.49. The number of methoxy groups -OCH3 is 2. The second-order valence-corrected chi connectivity index (χ2v) is 4.48. The maximum Gasteiger partial charge on any atom is 0.189 e. The van der Waals surface area contributed by atoms with Crippen molar-refractivity contribution in [2.45, 2.75) is 6.92 Å². The molecular weight excluding hydrogens is 270 g/mol. The molecule has 6 nitrogen and oxygen atoms in total. The highest BCUT2D eigenvalue weighted by Gasteiger charge is 2.02. The molecule has 0 atom stereocenters. The lowest BCUT2D eigenvalue weighted by Gasteiger charge is -2.11. The molecule has 116 valence electrons. The number of hydrogen-bond acceptors (Lipinski definition) is 4. The monoisotopic (exact) mass is 293 g/mol. The van der Waals surface area contributed by atoms with Gasteiger partial charge in [0.15, 0.2) is 5.96 Å². The zero-order valence-corrected chi connectivity index (χ0v) is 12.8. The molecule has 0 aromatic heterocycles. The van der Waals surface area contributed by atoms with E-state index in [2.05, 4.69) is 16.9 Å². The molecule has 0 unspecified atom stereocenters. The van der Waals surface area contributed by atoms with Gasteiger partial charge in [-0.2, -0.15) is 0 Å². The molecular formula is C15H23N3O3. The fraction of sp³-hybridized carbons (Fsp3) is 0.400. The van der Waals surface area contributed by atoms with Gasteiger partial charge in [-0.05, 0) is 6.92 Å². The van der Waals surface area contributed by atoms with Crippen molar-refractivity contribution >= 4 is 5.96 Å². The van der Waals surface area contributed by atoms with Crippen LogP contribution in [-0.4, -0.2) is 39.9 Å². The minimum atomic E-state index is 0.379. The van der Waals surface area contributed by atoms with Crippen LogP contribution < -0.4 is 25.3 Å². The minimum Gasteiger partial charge on any atom is -0.496 e. The third-order valence-corrected chi connectivity index (χ3v) is 2.52. The first-order valence-electron chi connectivity index (χ1n) is 6.59. The maximum absolute atomic E-state index is 5.69. The van der Waals surface area contributed by atoms with Crippen molar-refractivity contribution in [3.63, 3.8) is 0 Å². The van der Waals surface area contributed by atoms with Crippen LogP contribution in [0.3, 0.4) is 0 Å². The summed E-state index contributed by atoms with van der Waals surface area (Å²) >= 11 is 0. The Balaban J connectivity index is 2.42. The lowest BCUT2D eigenvalue weighted by Crippen LogP contribution is -2.34. The molecule has 1 rings (SSSR count). The van der Waals surface area contributed by atoms with Gasteiger partial charge in [-0.1, -0.05) is 12.2 Å². The maximum atomic E-state index is 5.69. The highest BCUT2D eigenvalue weighted by Crippen LogP contribution is 2.27. The van der Waals surface area contributed by atoms with Gasteiger partial charge in [-0.25, -0.2) is 4.99 Å². The van der Waals surface area contributed by atoms with E-state index < -0.39 is 0 Å². The number of aliphatic imine (C=N–C) groups is 1. The Kier molecular flexibility index (Phi) is 6.94. The summed E-state index contributed by atoms with van der Waals surface area (Å²) in [7, 11) is 3.19. The Morgan fingerprint density at radius 3 is 2.29 bits per heavy atom. The largest absolute Gasteiger partial charge is 0.496 e. The van der Waals surface area contributed by atoms with Crippen LogP contribution in [-0.2, 0) is 0 Å². The van der Waals surface area contributed by atoms with Crippen molar-refractivity contribution in [2.24, 2.45) is 10.7 Å². The lowest BCUT2D eigenvalue weighted by atomic mass is 10.3. The number of hydrogen-bond donors (Lipinski definition) is 2. The van der Waals surface area contributed by atoms with Gasteiger partial charge in [0.1, 0.15) is 23.9 Å². The molecule has 0 bridgehead atoms. The summed E-state index contributed by atoms with van der Waals surface area (Å²) in [5.41, 5.74) is 6.65. The predicted octanol–water partition coefficient (Wildman–Crippen LogP) is 1.56. The Bertz CT molecular complexity index is 479. The number of nitrogens with two attached hydrogens (primary N) is 1. The van der Waals surface area contributed by atoms with E-state index in [1.165, 1.54) is 0 Å². The van der Waals surface area contributed by atoms with E-state index in [9.17, 15) is 0 Å². The number of nitrogens with one attached hydrogen (secondary N) is 1. The van der Waals surface area contributed by atoms with E-state index in [4.69, 9.17) is 19.9 Å². The summed E-state index contributed by atoms with van der Waals surface area (Å²) in [5.74, 6) is 2.41. The van der Waals surface area contributed by atoms with Crippen molar-refractivity contribution in [1.29, 1.82) is 0 Å². The van der Waals surface area contributed by atoms with Crippen LogP contribution in [0.25, 0.3) is 0 Å². The molecule has 0 fully saturated rings. The number of rotatable bonds is 8. The zero-order chi connectivity index (χ0) is 15.7. The number of nitrogens with zero attached hydrogens (tertiary/aromatic N) is 1. The quantitative estimate of drug-likeness (QED) is 0.329. The van der Waals surface area contributed by atoms with Crippen LogP contribution in [0, 0.1) is 0 Å². The van der Waals surface area contributed by atoms with Crippen molar-refractivity contribution < 1.29 is 14.2 Å². The van der Waals surface area contributed by atoms with E-state index in [-0.39, 0.29) is 0 Å². The first-order chi connectivity index (χ1) is 10.0. The van der Waals surface area contributed by atoms with E-state index in [0.717, 1.165) is 5.57 Å². The Morgan fingerprint density at radius 2 is 1.76 bits per heavy atom. The molecule has 3 N–H and O–H groups in total. The van der Waals surface area contributed by atoms with Gasteiger partial charge in [-0.15, -0.1) is 0 Å². The van der Waals surface area contributed by atoms with E-state index in [0.29, 0.717) is 42.9 Å². The van der Waals surface area contributed by atoms with Gasteiger partial charge in [0.05, 0.1) is 27.3 Å². The summed E-state index contributed by atoms with van der Waals surface area (Å²) < 4.78 is 16.0. The predicted molar refractivity (Wildman–Crippen MR) is 84.3 cm³/mol. The first kappa shape index (κ1) is 16.7. The van der Waals surface area contributed by atoms with Gasteiger partial charge in [0, 0.05) is 18.2 Å². The van der Waals surface area contributed by atoms with Gasteiger partial charge in [0.2, 0.25) is 0 Å². The van der Waals surface area contributed by atoms with Crippen LogP contribution in [0.2, 0.25) is 0 Å². The van der Waals surface area contributed by atoms with E-state index in [1.807, 2.05) is 6.92 Å². The molecule has 0 saturated heterocycles. The molecule has 0 saturated carbocycles. The molecule has 0 spiro atoms. The average molecular weight is 293 g/mol. The molecule has 1 aromatic rings. The first-order valence-corrected chi connectivity index (χ1v) is 6.59. The van der Waals surface area contributed by atoms with Gasteiger partial charge < -0.3 is 25.3 Å². The van der Waals surface area contributed by atoms with Crippen LogP contribution in [0.1, 0.15) is 6.92 Å². The van der Waals surface area contributed by atoms with Crippen molar-refractivity contribution in [3.05, 3.63) is 30.4 Å².